The molecular formula is C19H19N7OS. The Bertz CT molecular complexity index is 1010. The maximum atomic E-state index is 11.1. The Labute approximate surface area is 166 Å². The van der Waals surface area contributed by atoms with Gasteiger partial charge in [-0.3, -0.25) is 10.2 Å². The molecule has 0 aliphatic carbocycles. The molecule has 0 atom stereocenters. The molecular weight excluding hydrogens is 374 g/mol. The summed E-state index contributed by atoms with van der Waals surface area (Å²) in [5, 5.41) is 13.5. The zero-order valence-electron chi connectivity index (χ0n) is 15.4. The summed E-state index contributed by atoms with van der Waals surface area (Å²) in [5.74, 6) is 0.538. The van der Waals surface area contributed by atoms with Crippen LogP contribution < -0.4 is 21.3 Å². The minimum absolute atomic E-state index is 0.0979. The molecule has 0 radical (unpaired) electrons. The third-order valence-corrected chi connectivity index (χ3v) is 4.96. The summed E-state index contributed by atoms with van der Waals surface area (Å²) in [6.45, 7) is 4.10. The lowest BCUT2D eigenvalue weighted by Gasteiger charge is -2.21. The van der Waals surface area contributed by atoms with Crippen molar-refractivity contribution in [3.63, 3.8) is 0 Å². The van der Waals surface area contributed by atoms with Crippen LogP contribution in [0.4, 0.5) is 17.2 Å². The lowest BCUT2D eigenvalue weighted by Crippen LogP contribution is -2.38. The van der Waals surface area contributed by atoms with Gasteiger partial charge in [-0.05, 0) is 54.6 Å². The monoisotopic (exact) mass is 393 g/mol. The molecule has 9 heteroatoms. The summed E-state index contributed by atoms with van der Waals surface area (Å²) in [6.07, 6.45) is 0. The number of carbonyl (C=O) groups excluding carboxylic acids is 1. The number of hydrazine groups is 2. The third kappa shape index (κ3) is 4.05. The van der Waals surface area contributed by atoms with Crippen LogP contribution in [0.2, 0.25) is 0 Å². The number of anilines is 3. The number of aromatic nitrogens is 3. The van der Waals surface area contributed by atoms with Crippen molar-refractivity contribution in [1.29, 1.82) is 0 Å². The lowest BCUT2D eigenvalue weighted by molar-refractivity contribution is -0.114. The van der Waals surface area contributed by atoms with Gasteiger partial charge >= 0.3 is 0 Å². The fourth-order valence-electron chi connectivity index (χ4n) is 2.76. The van der Waals surface area contributed by atoms with Gasteiger partial charge in [0, 0.05) is 24.1 Å². The van der Waals surface area contributed by atoms with Gasteiger partial charge in [-0.25, -0.2) is 10.5 Å². The number of para-hydroxylation sites is 1. The molecule has 1 aromatic heterocycles. The van der Waals surface area contributed by atoms with Crippen LogP contribution in [0.3, 0.4) is 0 Å². The average Bonchev–Trinajstić information content (AvgIpc) is 3.09. The lowest BCUT2D eigenvalue weighted by atomic mass is 10.2. The molecule has 2 aromatic carbocycles. The Balaban J connectivity index is 1.49. The SMILES string of the molecule is CC(=O)Nc1ccc(Sc2nnc(C)c(NN3NCc4ccccc43)n2)cc1. The first-order chi connectivity index (χ1) is 13.6. The smallest absolute Gasteiger partial charge is 0.221 e. The first-order valence-electron chi connectivity index (χ1n) is 8.73. The summed E-state index contributed by atoms with van der Waals surface area (Å²) < 4.78 is 0. The van der Waals surface area contributed by atoms with Gasteiger partial charge < -0.3 is 5.32 Å². The number of benzene rings is 2. The van der Waals surface area contributed by atoms with Crippen LogP contribution in [0.1, 0.15) is 18.2 Å². The Morgan fingerprint density at radius 2 is 1.93 bits per heavy atom. The second-order valence-electron chi connectivity index (χ2n) is 6.25. The molecule has 3 aromatic rings. The minimum atomic E-state index is -0.0979. The first kappa shape index (κ1) is 18.2. The number of rotatable bonds is 5. The van der Waals surface area contributed by atoms with E-state index in [1.54, 1.807) is 0 Å². The maximum Gasteiger partial charge on any atom is 0.221 e. The van der Waals surface area contributed by atoms with Gasteiger partial charge in [0.05, 0.1) is 5.69 Å². The summed E-state index contributed by atoms with van der Waals surface area (Å²) in [6, 6.07) is 15.6. The van der Waals surface area contributed by atoms with Gasteiger partial charge in [-0.15, -0.1) is 10.2 Å². The van der Waals surface area contributed by atoms with E-state index in [-0.39, 0.29) is 5.91 Å². The van der Waals surface area contributed by atoms with Crippen molar-refractivity contribution in [3.05, 3.63) is 59.8 Å². The molecule has 2 heterocycles. The molecule has 0 unspecified atom stereocenters. The molecule has 0 saturated carbocycles. The van der Waals surface area contributed by atoms with Crippen LogP contribution in [-0.2, 0) is 11.3 Å². The van der Waals surface area contributed by atoms with Crippen molar-refractivity contribution in [2.75, 3.05) is 15.9 Å². The summed E-state index contributed by atoms with van der Waals surface area (Å²) in [4.78, 5) is 16.7. The number of hydrogen-bond acceptors (Lipinski definition) is 8. The van der Waals surface area contributed by atoms with Gasteiger partial charge in [0.15, 0.2) is 5.82 Å². The fourth-order valence-corrected chi connectivity index (χ4v) is 3.46. The molecule has 0 fully saturated rings. The molecule has 1 amide bonds. The first-order valence-corrected chi connectivity index (χ1v) is 9.55. The number of amides is 1. The summed E-state index contributed by atoms with van der Waals surface area (Å²) in [7, 11) is 0. The van der Waals surface area contributed by atoms with Crippen molar-refractivity contribution in [2.45, 2.75) is 30.4 Å². The minimum Gasteiger partial charge on any atom is -0.326 e. The van der Waals surface area contributed by atoms with Gasteiger partial charge in [0.1, 0.15) is 5.69 Å². The Kier molecular flexibility index (Phi) is 5.09. The van der Waals surface area contributed by atoms with Crippen molar-refractivity contribution in [2.24, 2.45) is 0 Å². The van der Waals surface area contributed by atoms with E-state index in [0.717, 1.165) is 22.8 Å². The number of nitrogens with zero attached hydrogens (tertiary/aromatic N) is 4. The van der Waals surface area contributed by atoms with E-state index in [0.29, 0.717) is 16.7 Å². The van der Waals surface area contributed by atoms with Crippen molar-refractivity contribution < 1.29 is 4.79 Å². The molecule has 1 aliphatic rings. The van der Waals surface area contributed by atoms with E-state index >= 15 is 0 Å². The zero-order chi connectivity index (χ0) is 19.5. The van der Waals surface area contributed by atoms with Gasteiger partial charge in [0.2, 0.25) is 11.1 Å². The highest BCUT2D eigenvalue weighted by atomic mass is 32.2. The largest absolute Gasteiger partial charge is 0.326 e. The number of hydrogen-bond donors (Lipinski definition) is 3. The number of nitrogens with one attached hydrogen (secondary N) is 3. The van der Waals surface area contributed by atoms with E-state index in [1.165, 1.54) is 24.2 Å². The highest BCUT2D eigenvalue weighted by Gasteiger charge is 2.19. The van der Waals surface area contributed by atoms with E-state index in [4.69, 9.17) is 0 Å². The molecule has 1 aliphatic heterocycles. The second kappa shape index (κ2) is 7.83. The molecule has 0 spiro atoms. The molecule has 142 valence electrons. The predicted octanol–water partition coefficient (Wildman–Crippen LogP) is 3.14. The van der Waals surface area contributed by atoms with Crippen LogP contribution in [0.25, 0.3) is 0 Å². The van der Waals surface area contributed by atoms with Gasteiger partial charge in [0.25, 0.3) is 0 Å². The molecule has 4 rings (SSSR count). The molecule has 3 N–H and O–H groups in total. The van der Waals surface area contributed by atoms with E-state index in [2.05, 4.69) is 37.4 Å². The standard InChI is InChI=1S/C19H19N7OS/c1-12-18(25-26-17-6-4-3-5-14(17)11-20-26)22-19(24-23-12)28-16-9-7-15(8-10-16)21-13(2)27/h3-10,20H,11H2,1-2H3,(H,21,27)(H,22,24,25). The van der Waals surface area contributed by atoms with Gasteiger partial charge in [-0.1, -0.05) is 18.2 Å². The quantitative estimate of drug-likeness (QED) is 0.609. The molecule has 0 saturated heterocycles. The normalized spacial score (nSPS) is 12.6. The Morgan fingerprint density at radius 3 is 2.71 bits per heavy atom. The summed E-state index contributed by atoms with van der Waals surface area (Å²) >= 11 is 1.41. The molecule has 0 bridgehead atoms. The highest BCUT2D eigenvalue weighted by Crippen LogP contribution is 2.28. The maximum absolute atomic E-state index is 11.1. The van der Waals surface area contributed by atoms with E-state index in [9.17, 15) is 4.79 Å². The number of aryl methyl sites for hydroxylation is 1. The van der Waals surface area contributed by atoms with Crippen LogP contribution in [0.15, 0.2) is 58.6 Å². The Morgan fingerprint density at radius 1 is 1.14 bits per heavy atom. The van der Waals surface area contributed by atoms with Crippen LogP contribution in [-0.4, -0.2) is 21.1 Å². The van der Waals surface area contributed by atoms with E-state index < -0.39 is 0 Å². The van der Waals surface area contributed by atoms with Crippen molar-refractivity contribution in [3.8, 4) is 0 Å². The number of fused-ring (bicyclic) bond motifs is 1. The highest BCUT2D eigenvalue weighted by molar-refractivity contribution is 7.99. The van der Waals surface area contributed by atoms with Crippen LogP contribution in [0.5, 0.6) is 0 Å². The topological polar surface area (TPSA) is 95.1 Å². The number of carbonyl (C=O) groups is 1. The average molecular weight is 393 g/mol. The van der Waals surface area contributed by atoms with Crippen LogP contribution >= 0.6 is 11.8 Å². The fraction of sp³-hybridized carbons (Fsp3) is 0.158. The Hall–Kier alpha value is -3.17. The van der Waals surface area contributed by atoms with Crippen molar-refractivity contribution in [1.82, 2.24) is 20.6 Å². The van der Waals surface area contributed by atoms with Crippen LogP contribution in [0, 0.1) is 6.92 Å². The summed E-state index contributed by atoms with van der Waals surface area (Å²) in [5.41, 5.74) is 10.3. The predicted molar refractivity (Wildman–Crippen MR) is 109 cm³/mol. The second-order valence-corrected chi connectivity index (χ2v) is 7.29. The van der Waals surface area contributed by atoms with Gasteiger partial charge in [-0.2, -0.15) is 4.98 Å². The van der Waals surface area contributed by atoms with E-state index in [1.807, 2.05) is 54.5 Å². The zero-order valence-corrected chi connectivity index (χ0v) is 16.2. The molecule has 8 nitrogen and oxygen atoms in total. The van der Waals surface area contributed by atoms with Crippen molar-refractivity contribution >= 4 is 34.9 Å². The third-order valence-electron chi connectivity index (χ3n) is 4.10. The molecule has 28 heavy (non-hydrogen) atoms.